The molecule has 1 N–H and O–H groups in total. The van der Waals surface area contributed by atoms with E-state index in [0.717, 1.165) is 12.2 Å². The van der Waals surface area contributed by atoms with Crippen LogP contribution >= 0.6 is 0 Å². The van der Waals surface area contributed by atoms with Gasteiger partial charge in [-0.15, -0.1) is 6.58 Å². The molecule has 0 rings (SSSR count). The molecule has 0 unspecified atom stereocenters. The first-order chi connectivity index (χ1) is 4.18. The molecule has 0 bridgehead atoms. The molecule has 0 fully saturated rings. The van der Waals surface area contributed by atoms with Gasteiger partial charge in [-0.25, -0.2) is 0 Å². The zero-order valence-electron chi connectivity index (χ0n) is 6.28. The van der Waals surface area contributed by atoms with Crippen LogP contribution in [0.2, 0.25) is 0 Å². The zero-order valence-corrected chi connectivity index (χ0v) is 6.28. The molecule has 0 aliphatic carbocycles. The van der Waals surface area contributed by atoms with Gasteiger partial charge in [0.05, 0.1) is 0 Å². The summed E-state index contributed by atoms with van der Waals surface area (Å²) < 4.78 is 0. The molecular formula is C8H15N. The van der Waals surface area contributed by atoms with Gasteiger partial charge in [-0.3, -0.25) is 0 Å². The highest BCUT2D eigenvalue weighted by Crippen LogP contribution is 2.00. The summed E-state index contributed by atoms with van der Waals surface area (Å²) in [4.78, 5) is 0. The fourth-order valence-electron chi connectivity index (χ4n) is 0.407. The van der Waals surface area contributed by atoms with Crippen molar-refractivity contribution in [2.75, 3.05) is 6.54 Å². The number of rotatable bonds is 4. The van der Waals surface area contributed by atoms with Crippen molar-refractivity contribution < 1.29 is 0 Å². The first-order valence-corrected chi connectivity index (χ1v) is 3.22. The van der Waals surface area contributed by atoms with Crippen LogP contribution in [0.1, 0.15) is 13.8 Å². The van der Waals surface area contributed by atoms with Crippen LogP contribution in [0.25, 0.3) is 0 Å². The van der Waals surface area contributed by atoms with Crippen molar-refractivity contribution in [2.24, 2.45) is 5.92 Å². The minimum atomic E-state index is 0.518. The summed E-state index contributed by atoms with van der Waals surface area (Å²) in [5.74, 6) is 0.518. The fourth-order valence-corrected chi connectivity index (χ4v) is 0.407. The second kappa shape index (κ2) is 4.19. The third-order valence-corrected chi connectivity index (χ3v) is 1.17. The monoisotopic (exact) mass is 125 g/mol. The number of nitrogens with one attached hydrogen (secondary N) is 1. The number of allylic oxidation sites excluding steroid dienone is 1. The lowest BCUT2D eigenvalue weighted by atomic mass is 10.1. The molecule has 0 aromatic rings. The molecule has 0 radical (unpaired) electrons. The summed E-state index contributed by atoms with van der Waals surface area (Å²) in [5.41, 5.74) is 1.08. The molecule has 0 saturated carbocycles. The molecular weight excluding hydrogens is 110 g/mol. The van der Waals surface area contributed by atoms with E-state index in [2.05, 4.69) is 32.3 Å². The summed E-state index contributed by atoms with van der Waals surface area (Å²) in [6.07, 6.45) is 1.83. The standard InChI is InChI=1S/C8H15N/c1-5-6-9-8(4)7(2)3/h5,7,9H,1,4,6H2,2-3H3. The minimum absolute atomic E-state index is 0.518. The van der Waals surface area contributed by atoms with Gasteiger partial charge in [0.2, 0.25) is 0 Å². The minimum Gasteiger partial charge on any atom is -0.385 e. The fraction of sp³-hybridized carbons (Fsp3) is 0.500. The molecule has 9 heavy (non-hydrogen) atoms. The first kappa shape index (κ1) is 8.28. The Morgan fingerprint density at radius 1 is 1.67 bits per heavy atom. The molecule has 0 saturated heterocycles. The van der Waals surface area contributed by atoms with E-state index in [1.807, 2.05) is 6.08 Å². The summed E-state index contributed by atoms with van der Waals surface area (Å²) >= 11 is 0. The van der Waals surface area contributed by atoms with Crippen LogP contribution in [-0.4, -0.2) is 6.54 Å². The first-order valence-electron chi connectivity index (χ1n) is 3.22. The van der Waals surface area contributed by atoms with Gasteiger partial charge in [0.15, 0.2) is 0 Å². The van der Waals surface area contributed by atoms with Gasteiger partial charge >= 0.3 is 0 Å². The summed E-state index contributed by atoms with van der Waals surface area (Å²) in [6.45, 7) is 12.5. The Labute approximate surface area is 57.5 Å². The second-order valence-corrected chi connectivity index (χ2v) is 2.35. The summed E-state index contributed by atoms with van der Waals surface area (Å²) in [7, 11) is 0. The van der Waals surface area contributed by atoms with E-state index >= 15 is 0 Å². The largest absolute Gasteiger partial charge is 0.385 e. The van der Waals surface area contributed by atoms with Crippen LogP contribution in [0.3, 0.4) is 0 Å². The SMILES string of the molecule is C=CCNC(=C)C(C)C. The van der Waals surface area contributed by atoms with E-state index < -0.39 is 0 Å². The van der Waals surface area contributed by atoms with Crippen LogP contribution in [0, 0.1) is 5.92 Å². The predicted octanol–water partition coefficient (Wildman–Crippen LogP) is 1.93. The second-order valence-electron chi connectivity index (χ2n) is 2.35. The Balaban J connectivity index is 3.38. The Morgan fingerprint density at radius 2 is 2.22 bits per heavy atom. The van der Waals surface area contributed by atoms with Crippen molar-refractivity contribution in [2.45, 2.75) is 13.8 Å². The highest BCUT2D eigenvalue weighted by Gasteiger charge is 1.94. The maximum Gasteiger partial charge on any atom is 0.0325 e. The Kier molecular flexibility index (Phi) is 3.85. The van der Waals surface area contributed by atoms with E-state index in [0.29, 0.717) is 5.92 Å². The Hall–Kier alpha value is -0.720. The van der Waals surface area contributed by atoms with Gasteiger partial charge < -0.3 is 5.32 Å². The summed E-state index contributed by atoms with van der Waals surface area (Å²) in [6, 6.07) is 0. The van der Waals surface area contributed by atoms with Crippen LogP contribution in [0.4, 0.5) is 0 Å². The van der Waals surface area contributed by atoms with Crippen molar-refractivity contribution in [3.05, 3.63) is 24.9 Å². The smallest absolute Gasteiger partial charge is 0.0325 e. The third-order valence-electron chi connectivity index (χ3n) is 1.17. The van der Waals surface area contributed by atoms with E-state index in [1.165, 1.54) is 0 Å². The lowest BCUT2D eigenvalue weighted by Gasteiger charge is -2.09. The van der Waals surface area contributed by atoms with Gasteiger partial charge in [-0.2, -0.15) is 0 Å². The average molecular weight is 125 g/mol. The molecule has 1 heteroatoms. The number of hydrogen-bond acceptors (Lipinski definition) is 1. The highest BCUT2D eigenvalue weighted by atomic mass is 14.9. The molecule has 0 aromatic heterocycles. The molecule has 0 aliphatic heterocycles. The molecule has 0 spiro atoms. The van der Waals surface area contributed by atoms with Gasteiger partial charge in [-0.05, 0) is 5.92 Å². The molecule has 52 valence electrons. The quantitative estimate of drug-likeness (QED) is 0.566. The van der Waals surface area contributed by atoms with Crippen molar-refractivity contribution >= 4 is 0 Å². The molecule has 0 atom stereocenters. The Morgan fingerprint density at radius 3 is 2.56 bits per heavy atom. The van der Waals surface area contributed by atoms with Gasteiger partial charge in [0.25, 0.3) is 0 Å². The van der Waals surface area contributed by atoms with E-state index in [9.17, 15) is 0 Å². The normalized spacial score (nSPS) is 9.22. The molecule has 0 aliphatic rings. The van der Waals surface area contributed by atoms with E-state index in [4.69, 9.17) is 0 Å². The van der Waals surface area contributed by atoms with Crippen LogP contribution in [-0.2, 0) is 0 Å². The topological polar surface area (TPSA) is 12.0 Å². The lowest BCUT2D eigenvalue weighted by Crippen LogP contribution is -2.15. The van der Waals surface area contributed by atoms with Crippen molar-refractivity contribution in [3.63, 3.8) is 0 Å². The van der Waals surface area contributed by atoms with Crippen molar-refractivity contribution in [1.29, 1.82) is 0 Å². The predicted molar refractivity (Wildman–Crippen MR) is 42.2 cm³/mol. The van der Waals surface area contributed by atoms with Crippen LogP contribution in [0.15, 0.2) is 24.9 Å². The molecule has 0 aromatic carbocycles. The molecule has 0 amide bonds. The zero-order chi connectivity index (χ0) is 7.28. The summed E-state index contributed by atoms with van der Waals surface area (Å²) in [5, 5.41) is 3.12. The van der Waals surface area contributed by atoms with E-state index in [1.54, 1.807) is 0 Å². The van der Waals surface area contributed by atoms with Gasteiger partial charge in [0.1, 0.15) is 0 Å². The van der Waals surface area contributed by atoms with Gasteiger partial charge in [0, 0.05) is 12.2 Å². The van der Waals surface area contributed by atoms with E-state index in [-0.39, 0.29) is 0 Å². The average Bonchev–Trinajstić information content (AvgIpc) is 1.82. The van der Waals surface area contributed by atoms with Crippen LogP contribution in [0.5, 0.6) is 0 Å². The Bertz CT molecular complexity index is 103. The third kappa shape index (κ3) is 3.83. The van der Waals surface area contributed by atoms with Crippen molar-refractivity contribution in [1.82, 2.24) is 5.32 Å². The lowest BCUT2D eigenvalue weighted by molar-refractivity contribution is 0.685. The maximum atomic E-state index is 3.83. The van der Waals surface area contributed by atoms with Crippen molar-refractivity contribution in [3.8, 4) is 0 Å². The highest BCUT2D eigenvalue weighted by molar-refractivity contribution is 4.95. The number of hydrogen-bond donors (Lipinski definition) is 1. The van der Waals surface area contributed by atoms with Gasteiger partial charge in [-0.1, -0.05) is 26.5 Å². The molecule has 1 nitrogen and oxygen atoms in total. The van der Waals surface area contributed by atoms with Crippen LogP contribution < -0.4 is 5.32 Å². The maximum absolute atomic E-state index is 3.83. The molecule has 0 heterocycles.